The van der Waals surface area contributed by atoms with Gasteiger partial charge in [0.05, 0.1) is 7.11 Å². The molecule has 1 aliphatic rings. The van der Waals surface area contributed by atoms with Crippen LogP contribution in [0.2, 0.25) is 0 Å². The van der Waals surface area contributed by atoms with Gasteiger partial charge in [-0.1, -0.05) is 36.2 Å². The Bertz CT molecular complexity index is 1060. The minimum Gasteiger partial charge on any atom is -0.487 e. The molecule has 32 heavy (non-hydrogen) atoms. The first-order chi connectivity index (χ1) is 15.5. The molecule has 6 nitrogen and oxygen atoms in total. The number of benzene rings is 2. The Morgan fingerprint density at radius 1 is 1.16 bits per heavy atom. The molecular formula is C26H30N2O4. The molecule has 0 aliphatic carbocycles. The van der Waals surface area contributed by atoms with Crippen molar-refractivity contribution in [3.8, 4) is 17.2 Å². The number of likely N-dealkylation sites (tertiary alicyclic amines) is 1. The van der Waals surface area contributed by atoms with Gasteiger partial charge in [-0.15, -0.1) is 0 Å². The molecule has 4 rings (SSSR count). The smallest absolute Gasteiger partial charge is 0.323 e. The van der Waals surface area contributed by atoms with Crippen LogP contribution < -0.4 is 4.74 Å². The standard InChI is InChI=1S/C26H30N2O4/c1-18-10-12-21(13-11-18)25-27-23(19(2)32-25)17-31-22-8-6-7-20(15-22)16-28-14-5-4-9-24(28)26(29)30-3/h6-8,10-13,15,24H,4-5,9,14,16-17H2,1-3H3. The number of aryl methyl sites for hydroxylation is 2. The van der Waals surface area contributed by atoms with Gasteiger partial charge >= 0.3 is 5.97 Å². The van der Waals surface area contributed by atoms with Crippen LogP contribution in [0.25, 0.3) is 11.5 Å². The minimum absolute atomic E-state index is 0.150. The number of piperidine rings is 1. The van der Waals surface area contributed by atoms with Crippen molar-refractivity contribution in [3.63, 3.8) is 0 Å². The fraction of sp³-hybridized carbons (Fsp3) is 0.385. The van der Waals surface area contributed by atoms with Crippen LogP contribution in [0.5, 0.6) is 5.75 Å². The first-order valence-electron chi connectivity index (χ1n) is 11.1. The van der Waals surface area contributed by atoms with E-state index in [9.17, 15) is 4.79 Å². The highest BCUT2D eigenvalue weighted by atomic mass is 16.5. The lowest BCUT2D eigenvalue weighted by Crippen LogP contribution is -2.44. The van der Waals surface area contributed by atoms with Crippen LogP contribution in [0.15, 0.2) is 52.9 Å². The molecule has 0 amide bonds. The molecule has 2 aromatic carbocycles. The van der Waals surface area contributed by atoms with Gasteiger partial charge in [-0.2, -0.15) is 0 Å². The minimum atomic E-state index is -0.170. The van der Waals surface area contributed by atoms with Gasteiger partial charge < -0.3 is 13.9 Å². The number of carbonyl (C=O) groups excluding carboxylic acids is 1. The molecule has 1 aliphatic heterocycles. The molecule has 1 aromatic heterocycles. The van der Waals surface area contributed by atoms with Crippen LogP contribution >= 0.6 is 0 Å². The summed E-state index contributed by atoms with van der Waals surface area (Å²) in [5, 5.41) is 0. The van der Waals surface area contributed by atoms with E-state index in [0.717, 1.165) is 54.1 Å². The first kappa shape index (κ1) is 22.1. The maximum absolute atomic E-state index is 12.1. The average molecular weight is 435 g/mol. The molecule has 0 bridgehead atoms. The van der Waals surface area contributed by atoms with Gasteiger partial charge in [0.15, 0.2) is 0 Å². The summed E-state index contributed by atoms with van der Waals surface area (Å²) in [5.74, 6) is 1.98. The summed E-state index contributed by atoms with van der Waals surface area (Å²) >= 11 is 0. The zero-order valence-electron chi connectivity index (χ0n) is 19.0. The summed E-state index contributed by atoms with van der Waals surface area (Å²) in [6.45, 7) is 5.88. The van der Waals surface area contributed by atoms with E-state index in [0.29, 0.717) is 19.0 Å². The molecule has 168 valence electrons. The van der Waals surface area contributed by atoms with Gasteiger partial charge in [-0.25, -0.2) is 4.98 Å². The van der Waals surface area contributed by atoms with Crippen molar-refractivity contribution in [1.82, 2.24) is 9.88 Å². The maximum atomic E-state index is 12.1. The Balaban J connectivity index is 1.41. The van der Waals surface area contributed by atoms with Crippen LogP contribution in [-0.4, -0.2) is 35.5 Å². The Kier molecular flexibility index (Phi) is 6.90. The van der Waals surface area contributed by atoms with Crippen molar-refractivity contribution in [2.24, 2.45) is 0 Å². The summed E-state index contributed by atoms with van der Waals surface area (Å²) in [7, 11) is 1.46. The van der Waals surface area contributed by atoms with E-state index >= 15 is 0 Å². The normalized spacial score (nSPS) is 16.7. The van der Waals surface area contributed by atoms with Crippen LogP contribution in [0.1, 0.15) is 41.8 Å². The van der Waals surface area contributed by atoms with E-state index in [1.54, 1.807) is 0 Å². The largest absolute Gasteiger partial charge is 0.487 e. The molecule has 3 aromatic rings. The van der Waals surface area contributed by atoms with E-state index in [1.165, 1.54) is 12.7 Å². The Labute approximate surface area is 189 Å². The van der Waals surface area contributed by atoms with E-state index in [-0.39, 0.29) is 12.0 Å². The second-order valence-electron chi connectivity index (χ2n) is 8.33. The van der Waals surface area contributed by atoms with Crippen molar-refractivity contribution in [3.05, 3.63) is 71.1 Å². The third-order valence-corrected chi connectivity index (χ3v) is 5.94. The number of carbonyl (C=O) groups is 1. The van der Waals surface area contributed by atoms with Gasteiger partial charge in [-0.05, 0) is 63.1 Å². The maximum Gasteiger partial charge on any atom is 0.323 e. The van der Waals surface area contributed by atoms with Crippen molar-refractivity contribution in [2.45, 2.75) is 52.3 Å². The number of hydrogen-bond donors (Lipinski definition) is 0. The molecule has 1 fully saturated rings. The van der Waals surface area contributed by atoms with E-state index in [1.807, 2.05) is 49.4 Å². The SMILES string of the molecule is COC(=O)C1CCCCN1Cc1cccc(OCc2nc(-c3ccc(C)cc3)oc2C)c1. The lowest BCUT2D eigenvalue weighted by atomic mass is 10.0. The summed E-state index contributed by atoms with van der Waals surface area (Å²) in [6, 6.07) is 16.0. The van der Waals surface area contributed by atoms with Crippen LogP contribution in [-0.2, 0) is 22.7 Å². The van der Waals surface area contributed by atoms with Crippen LogP contribution in [0.4, 0.5) is 0 Å². The topological polar surface area (TPSA) is 64.8 Å². The molecule has 0 N–H and O–H groups in total. The summed E-state index contributed by atoms with van der Waals surface area (Å²) < 4.78 is 16.9. The first-order valence-corrected chi connectivity index (χ1v) is 11.1. The van der Waals surface area contributed by atoms with E-state index < -0.39 is 0 Å². The molecule has 2 heterocycles. The second-order valence-corrected chi connectivity index (χ2v) is 8.33. The van der Waals surface area contributed by atoms with E-state index in [2.05, 4.69) is 22.9 Å². The van der Waals surface area contributed by atoms with Gasteiger partial charge in [0.25, 0.3) is 0 Å². The fourth-order valence-corrected chi connectivity index (χ4v) is 4.08. The molecule has 0 spiro atoms. The third-order valence-electron chi connectivity index (χ3n) is 5.94. The number of rotatable bonds is 7. The van der Waals surface area contributed by atoms with Gasteiger partial charge in [0.1, 0.15) is 29.9 Å². The van der Waals surface area contributed by atoms with Crippen LogP contribution in [0, 0.1) is 13.8 Å². The molecule has 6 heteroatoms. The number of methoxy groups -OCH3 is 1. The highest BCUT2D eigenvalue weighted by Crippen LogP contribution is 2.25. The summed E-state index contributed by atoms with van der Waals surface area (Å²) in [5.41, 5.74) is 4.04. The molecule has 0 saturated carbocycles. The van der Waals surface area contributed by atoms with Crippen molar-refractivity contribution in [2.75, 3.05) is 13.7 Å². The quantitative estimate of drug-likeness (QED) is 0.484. The predicted octanol–water partition coefficient (Wildman–Crippen LogP) is 5.06. The number of esters is 1. The average Bonchev–Trinajstić information content (AvgIpc) is 3.18. The predicted molar refractivity (Wildman–Crippen MR) is 122 cm³/mol. The lowest BCUT2D eigenvalue weighted by molar-refractivity contribution is -0.148. The number of nitrogens with zero attached hydrogens (tertiary/aromatic N) is 2. The Hall–Kier alpha value is -3.12. The highest BCUT2D eigenvalue weighted by Gasteiger charge is 2.29. The van der Waals surface area contributed by atoms with Crippen LogP contribution in [0.3, 0.4) is 0 Å². The fourth-order valence-electron chi connectivity index (χ4n) is 4.08. The number of ether oxygens (including phenoxy) is 2. The van der Waals surface area contributed by atoms with Gasteiger partial charge in [-0.3, -0.25) is 9.69 Å². The van der Waals surface area contributed by atoms with E-state index in [4.69, 9.17) is 13.9 Å². The number of aromatic nitrogens is 1. The van der Waals surface area contributed by atoms with Gasteiger partial charge in [0, 0.05) is 12.1 Å². The molecule has 0 radical (unpaired) electrons. The lowest BCUT2D eigenvalue weighted by Gasteiger charge is -2.33. The summed E-state index contributed by atoms with van der Waals surface area (Å²) in [6.07, 6.45) is 3.00. The van der Waals surface area contributed by atoms with Crippen molar-refractivity contribution < 1.29 is 18.7 Å². The van der Waals surface area contributed by atoms with Gasteiger partial charge in [0.2, 0.25) is 5.89 Å². The highest BCUT2D eigenvalue weighted by molar-refractivity contribution is 5.75. The number of hydrogen-bond acceptors (Lipinski definition) is 6. The Morgan fingerprint density at radius 3 is 2.75 bits per heavy atom. The molecule has 1 atom stereocenters. The van der Waals surface area contributed by atoms with Crippen molar-refractivity contribution in [1.29, 1.82) is 0 Å². The molecular weight excluding hydrogens is 404 g/mol. The number of oxazole rings is 1. The summed E-state index contributed by atoms with van der Waals surface area (Å²) in [4.78, 5) is 19.0. The third kappa shape index (κ3) is 5.19. The zero-order valence-corrected chi connectivity index (χ0v) is 19.0. The molecule has 1 saturated heterocycles. The van der Waals surface area contributed by atoms with Crippen molar-refractivity contribution >= 4 is 5.97 Å². The zero-order chi connectivity index (χ0) is 22.5. The monoisotopic (exact) mass is 434 g/mol. The Morgan fingerprint density at radius 2 is 1.97 bits per heavy atom. The molecule has 1 unspecified atom stereocenters. The second kappa shape index (κ2) is 10.0.